The summed E-state index contributed by atoms with van der Waals surface area (Å²) in [7, 11) is 0. The molecule has 0 aliphatic rings. The number of benzene rings is 1. The number of aryl methyl sites for hydroxylation is 1. The minimum absolute atomic E-state index is 0.199. The van der Waals surface area contributed by atoms with Gasteiger partial charge in [0, 0.05) is 29.2 Å². The van der Waals surface area contributed by atoms with Gasteiger partial charge in [0.15, 0.2) is 0 Å². The molecule has 21 heavy (non-hydrogen) atoms. The molecule has 2 rings (SSSR count). The molecule has 0 aliphatic carbocycles. The summed E-state index contributed by atoms with van der Waals surface area (Å²) in [5.41, 5.74) is 1.49. The molecule has 116 valence electrons. The van der Waals surface area contributed by atoms with Crippen LogP contribution in [0.1, 0.15) is 40.5 Å². The number of nitrogens with zero attached hydrogens (tertiary/aromatic N) is 1. The molecular weight excluding hydrogens is 260 g/mol. The highest BCUT2D eigenvalue weighted by Gasteiger charge is 2.08. The van der Waals surface area contributed by atoms with Gasteiger partial charge in [0.05, 0.1) is 6.61 Å². The fourth-order valence-corrected chi connectivity index (χ4v) is 2.40. The predicted molar refractivity (Wildman–Crippen MR) is 90.1 cm³/mol. The first kappa shape index (κ1) is 15.9. The standard InChI is InChI=1S/C18H28N2O/c1-5-13-21-16-7-8-17-15(14-16)9-12-20(17)11-6-10-19-18(2,3)4/h7-9,12,14,19H,5-6,10-11,13H2,1-4H3. The summed E-state index contributed by atoms with van der Waals surface area (Å²) in [6, 6.07) is 8.54. The summed E-state index contributed by atoms with van der Waals surface area (Å²) in [5.74, 6) is 0.969. The number of rotatable bonds is 7. The zero-order valence-electron chi connectivity index (χ0n) is 13.8. The first-order valence-electron chi connectivity index (χ1n) is 7.96. The molecule has 2 aromatic rings. The Morgan fingerprint density at radius 2 is 2.00 bits per heavy atom. The first-order chi connectivity index (χ1) is 9.99. The molecule has 1 heterocycles. The second-order valence-electron chi connectivity index (χ2n) is 6.61. The summed E-state index contributed by atoms with van der Waals surface area (Å²) in [6.07, 6.45) is 4.35. The van der Waals surface area contributed by atoms with Crippen LogP contribution in [0.25, 0.3) is 10.9 Å². The van der Waals surface area contributed by atoms with Gasteiger partial charge in [0.1, 0.15) is 5.75 Å². The van der Waals surface area contributed by atoms with E-state index in [9.17, 15) is 0 Å². The molecule has 0 bridgehead atoms. The number of hydrogen-bond acceptors (Lipinski definition) is 2. The zero-order chi connectivity index (χ0) is 15.3. The van der Waals surface area contributed by atoms with Crippen LogP contribution in [-0.2, 0) is 6.54 Å². The molecular formula is C18H28N2O. The van der Waals surface area contributed by atoms with Gasteiger partial charge in [-0.1, -0.05) is 6.92 Å². The third-order valence-electron chi connectivity index (χ3n) is 3.45. The average Bonchev–Trinajstić information content (AvgIpc) is 2.83. The van der Waals surface area contributed by atoms with Crippen molar-refractivity contribution in [2.24, 2.45) is 0 Å². The Balaban J connectivity index is 1.95. The molecule has 0 atom stereocenters. The van der Waals surface area contributed by atoms with Gasteiger partial charge in [-0.2, -0.15) is 0 Å². The van der Waals surface area contributed by atoms with Crippen LogP contribution in [0.3, 0.4) is 0 Å². The highest BCUT2D eigenvalue weighted by molar-refractivity contribution is 5.81. The molecule has 3 heteroatoms. The van der Waals surface area contributed by atoms with Crippen LogP contribution in [0.2, 0.25) is 0 Å². The van der Waals surface area contributed by atoms with Crippen molar-refractivity contribution < 1.29 is 4.74 Å². The molecule has 0 radical (unpaired) electrons. The number of nitrogens with one attached hydrogen (secondary N) is 1. The highest BCUT2D eigenvalue weighted by Crippen LogP contribution is 2.22. The third-order valence-corrected chi connectivity index (χ3v) is 3.45. The Bertz CT molecular complexity index is 566. The van der Waals surface area contributed by atoms with Crippen LogP contribution < -0.4 is 10.1 Å². The second-order valence-corrected chi connectivity index (χ2v) is 6.61. The number of fused-ring (bicyclic) bond motifs is 1. The van der Waals surface area contributed by atoms with Crippen LogP contribution in [0.5, 0.6) is 5.75 Å². The van der Waals surface area contributed by atoms with Crippen LogP contribution in [0.15, 0.2) is 30.5 Å². The Hall–Kier alpha value is -1.48. The first-order valence-corrected chi connectivity index (χ1v) is 7.96. The third kappa shape index (κ3) is 4.78. The lowest BCUT2D eigenvalue weighted by Crippen LogP contribution is -2.36. The van der Waals surface area contributed by atoms with E-state index in [4.69, 9.17) is 4.74 Å². The van der Waals surface area contributed by atoms with E-state index in [1.165, 1.54) is 10.9 Å². The molecule has 0 fully saturated rings. The maximum absolute atomic E-state index is 5.69. The fourth-order valence-electron chi connectivity index (χ4n) is 2.40. The normalized spacial score (nSPS) is 12.0. The van der Waals surface area contributed by atoms with Gasteiger partial charge in [-0.15, -0.1) is 0 Å². The molecule has 0 saturated heterocycles. The van der Waals surface area contributed by atoms with Gasteiger partial charge in [-0.25, -0.2) is 0 Å². The maximum atomic E-state index is 5.69. The van der Waals surface area contributed by atoms with E-state index in [-0.39, 0.29) is 5.54 Å². The number of aromatic nitrogens is 1. The monoisotopic (exact) mass is 288 g/mol. The van der Waals surface area contributed by atoms with Crippen molar-refractivity contribution in [1.82, 2.24) is 9.88 Å². The highest BCUT2D eigenvalue weighted by atomic mass is 16.5. The molecule has 0 unspecified atom stereocenters. The molecule has 3 nitrogen and oxygen atoms in total. The van der Waals surface area contributed by atoms with E-state index in [1.54, 1.807) is 0 Å². The molecule has 0 amide bonds. The quantitative estimate of drug-likeness (QED) is 0.772. The van der Waals surface area contributed by atoms with Crippen molar-refractivity contribution >= 4 is 10.9 Å². The Morgan fingerprint density at radius 3 is 2.71 bits per heavy atom. The summed E-state index contributed by atoms with van der Waals surface area (Å²) in [5, 5.41) is 4.79. The van der Waals surface area contributed by atoms with E-state index in [2.05, 4.69) is 68.0 Å². The van der Waals surface area contributed by atoms with E-state index in [0.717, 1.165) is 38.3 Å². The predicted octanol–water partition coefficient (Wildman–Crippen LogP) is 4.21. The molecule has 0 aliphatic heterocycles. The minimum Gasteiger partial charge on any atom is -0.494 e. The fraction of sp³-hybridized carbons (Fsp3) is 0.556. The van der Waals surface area contributed by atoms with E-state index in [1.807, 2.05) is 0 Å². The Morgan fingerprint density at radius 1 is 1.19 bits per heavy atom. The Kier molecular flexibility index (Phi) is 5.29. The van der Waals surface area contributed by atoms with Gasteiger partial charge >= 0.3 is 0 Å². The molecule has 0 saturated carbocycles. The van der Waals surface area contributed by atoms with Gasteiger partial charge in [0.2, 0.25) is 0 Å². The second kappa shape index (κ2) is 6.99. The van der Waals surface area contributed by atoms with Crippen molar-refractivity contribution in [2.45, 2.75) is 52.6 Å². The lowest BCUT2D eigenvalue weighted by atomic mass is 10.1. The van der Waals surface area contributed by atoms with Crippen molar-refractivity contribution in [3.05, 3.63) is 30.5 Å². The van der Waals surface area contributed by atoms with Crippen LogP contribution in [-0.4, -0.2) is 23.3 Å². The van der Waals surface area contributed by atoms with E-state index in [0.29, 0.717) is 0 Å². The molecule has 1 aromatic heterocycles. The summed E-state index contributed by atoms with van der Waals surface area (Å²) in [4.78, 5) is 0. The summed E-state index contributed by atoms with van der Waals surface area (Å²) >= 11 is 0. The van der Waals surface area contributed by atoms with E-state index < -0.39 is 0 Å². The molecule has 1 aromatic carbocycles. The van der Waals surface area contributed by atoms with Crippen molar-refractivity contribution in [2.75, 3.05) is 13.2 Å². The lowest BCUT2D eigenvalue weighted by Gasteiger charge is -2.20. The van der Waals surface area contributed by atoms with Crippen molar-refractivity contribution in [3.63, 3.8) is 0 Å². The largest absolute Gasteiger partial charge is 0.494 e. The van der Waals surface area contributed by atoms with E-state index >= 15 is 0 Å². The van der Waals surface area contributed by atoms with Gasteiger partial charge in [-0.05, 0) is 64.4 Å². The summed E-state index contributed by atoms with van der Waals surface area (Å²) in [6.45, 7) is 11.6. The maximum Gasteiger partial charge on any atom is 0.120 e. The summed E-state index contributed by atoms with van der Waals surface area (Å²) < 4.78 is 8.01. The van der Waals surface area contributed by atoms with Gasteiger partial charge < -0.3 is 14.6 Å². The van der Waals surface area contributed by atoms with Crippen LogP contribution in [0, 0.1) is 0 Å². The molecule has 0 spiro atoms. The molecule has 1 N–H and O–H groups in total. The average molecular weight is 288 g/mol. The van der Waals surface area contributed by atoms with Crippen LogP contribution >= 0.6 is 0 Å². The van der Waals surface area contributed by atoms with Crippen LogP contribution in [0.4, 0.5) is 0 Å². The lowest BCUT2D eigenvalue weighted by molar-refractivity contribution is 0.318. The smallest absolute Gasteiger partial charge is 0.120 e. The Labute approximate surface area is 128 Å². The SMILES string of the molecule is CCCOc1ccc2c(ccn2CCCNC(C)(C)C)c1. The number of hydrogen-bond donors (Lipinski definition) is 1. The topological polar surface area (TPSA) is 26.2 Å². The van der Waals surface area contributed by atoms with Gasteiger partial charge in [0.25, 0.3) is 0 Å². The van der Waals surface area contributed by atoms with Gasteiger partial charge in [-0.3, -0.25) is 0 Å². The zero-order valence-corrected chi connectivity index (χ0v) is 13.8. The number of ether oxygens (including phenoxy) is 1. The van der Waals surface area contributed by atoms with Crippen molar-refractivity contribution in [3.8, 4) is 5.75 Å². The van der Waals surface area contributed by atoms with Crippen molar-refractivity contribution in [1.29, 1.82) is 0 Å². The minimum atomic E-state index is 0.199.